The largest absolute Gasteiger partial charge is 0.482 e. The summed E-state index contributed by atoms with van der Waals surface area (Å²) in [6.45, 7) is 5.24. The summed E-state index contributed by atoms with van der Waals surface area (Å²) >= 11 is 3.32. The van der Waals surface area contributed by atoms with Gasteiger partial charge in [0.15, 0.2) is 12.7 Å². The summed E-state index contributed by atoms with van der Waals surface area (Å²) in [5.41, 5.74) is 2.67. The molecule has 0 bridgehead atoms. The van der Waals surface area contributed by atoms with Crippen molar-refractivity contribution in [2.45, 2.75) is 26.9 Å². The van der Waals surface area contributed by atoms with Crippen LogP contribution in [0.5, 0.6) is 5.75 Å². The van der Waals surface area contributed by atoms with E-state index in [0.29, 0.717) is 11.3 Å². The topological polar surface area (TPSA) is 52.6 Å². The van der Waals surface area contributed by atoms with E-state index in [4.69, 9.17) is 9.47 Å². The first-order valence-corrected chi connectivity index (χ1v) is 8.35. The van der Waals surface area contributed by atoms with Gasteiger partial charge in [-0.1, -0.05) is 28.1 Å². The predicted octanol–water partition coefficient (Wildman–Crippen LogP) is 4.26. The van der Waals surface area contributed by atoms with Crippen molar-refractivity contribution in [3.05, 3.63) is 63.6 Å². The first-order chi connectivity index (χ1) is 11.4. The van der Waals surface area contributed by atoms with Crippen molar-refractivity contribution in [2.24, 2.45) is 0 Å². The van der Waals surface area contributed by atoms with Gasteiger partial charge in [-0.05, 0) is 62.2 Å². The summed E-state index contributed by atoms with van der Waals surface area (Å²) in [6, 6.07) is 12.5. The maximum atomic E-state index is 12.3. The van der Waals surface area contributed by atoms with Crippen molar-refractivity contribution in [1.29, 1.82) is 0 Å². The van der Waals surface area contributed by atoms with Gasteiger partial charge < -0.3 is 9.47 Å². The van der Waals surface area contributed by atoms with Gasteiger partial charge in [0, 0.05) is 10.0 Å². The molecule has 2 aromatic carbocycles. The number of Topliss-reactive ketones (excluding diaryl/α,β-unsaturated/α-hetero) is 1. The van der Waals surface area contributed by atoms with E-state index in [1.165, 1.54) is 0 Å². The molecule has 0 fully saturated rings. The molecule has 0 heterocycles. The van der Waals surface area contributed by atoms with Crippen LogP contribution in [0.1, 0.15) is 28.4 Å². The Kier molecular flexibility index (Phi) is 6.15. The number of carbonyl (C=O) groups excluding carboxylic acids is 2. The maximum Gasteiger partial charge on any atom is 0.344 e. The van der Waals surface area contributed by atoms with E-state index in [0.717, 1.165) is 15.6 Å². The number of rotatable bonds is 6. The Morgan fingerprint density at radius 3 is 2.33 bits per heavy atom. The highest BCUT2D eigenvalue weighted by Gasteiger charge is 2.20. The second-order valence-electron chi connectivity index (χ2n) is 5.54. The zero-order chi connectivity index (χ0) is 17.7. The first-order valence-electron chi connectivity index (χ1n) is 7.56. The van der Waals surface area contributed by atoms with E-state index in [9.17, 15) is 9.59 Å². The summed E-state index contributed by atoms with van der Waals surface area (Å²) in [6.07, 6.45) is -0.854. The lowest BCUT2D eigenvalue weighted by Gasteiger charge is -2.13. The van der Waals surface area contributed by atoms with Gasteiger partial charge in [-0.15, -0.1) is 0 Å². The van der Waals surface area contributed by atoms with Gasteiger partial charge in [0.2, 0.25) is 5.78 Å². The second kappa shape index (κ2) is 8.11. The van der Waals surface area contributed by atoms with Crippen LogP contribution in [0.3, 0.4) is 0 Å². The number of hydrogen-bond donors (Lipinski definition) is 0. The Morgan fingerprint density at radius 2 is 1.71 bits per heavy atom. The van der Waals surface area contributed by atoms with E-state index in [1.807, 2.05) is 32.0 Å². The molecule has 0 saturated heterocycles. The summed E-state index contributed by atoms with van der Waals surface area (Å²) in [5, 5.41) is 0. The number of esters is 1. The van der Waals surface area contributed by atoms with Gasteiger partial charge in [0.05, 0.1) is 0 Å². The van der Waals surface area contributed by atoms with E-state index >= 15 is 0 Å². The number of ketones is 1. The fourth-order valence-electron chi connectivity index (χ4n) is 2.09. The fourth-order valence-corrected chi connectivity index (χ4v) is 2.35. The molecule has 0 unspecified atom stereocenters. The highest BCUT2D eigenvalue weighted by Crippen LogP contribution is 2.16. The molecular formula is C19H19BrO4. The number of halogens is 1. The molecule has 0 radical (unpaired) electrons. The summed E-state index contributed by atoms with van der Waals surface area (Å²) in [5.74, 6) is -0.249. The predicted molar refractivity (Wildman–Crippen MR) is 95.4 cm³/mol. The van der Waals surface area contributed by atoms with Crippen LogP contribution in [-0.2, 0) is 9.53 Å². The maximum absolute atomic E-state index is 12.3. The molecule has 24 heavy (non-hydrogen) atoms. The van der Waals surface area contributed by atoms with E-state index < -0.39 is 12.1 Å². The molecule has 0 spiro atoms. The fraction of sp³-hybridized carbons (Fsp3) is 0.263. The van der Waals surface area contributed by atoms with Crippen LogP contribution in [0.4, 0.5) is 0 Å². The van der Waals surface area contributed by atoms with Gasteiger partial charge in [0.25, 0.3) is 0 Å². The summed E-state index contributed by atoms with van der Waals surface area (Å²) < 4.78 is 11.4. The SMILES string of the molecule is Cc1ccc(C(=O)[C@H](C)OC(=O)COc2ccc(Br)cc2)cc1C. The minimum atomic E-state index is -0.854. The summed E-state index contributed by atoms with van der Waals surface area (Å²) in [4.78, 5) is 24.2. The molecule has 0 aliphatic carbocycles. The third-order valence-electron chi connectivity index (χ3n) is 3.64. The van der Waals surface area contributed by atoms with Crippen LogP contribution in [0, 0.1) is 13.8 Å². The van der Waals surface area contributed by atoms with Crippen molar-refractivity contribution in [2.75, 3.05) is 6.61 Å². The van der Waals surface area contributed by atoms with Crippen molar-refractivity contribution < 1.29 is 19.1 Å². The number of benzene rings is 2. The lowest BCUT2D eigenvalue weighted by molar-refractivity contribution is -0.148. The quantitative estimate of drug-likeness (QED) is 0.546. The van der Waals surface area contributed by atoms with Gasteiger partial charge in [-0.3, -0.25) is 4.79 Å². The Hall–Kier alpha value is -2.14. The van der Waals surface area contributed by atoms with E-state index in [2.05, 4.69) is 15.9 Å². The lowest BCUT2D eigenvalue weighted by Crippen LogP contribution is -2.27. The van der Waals surface area contributed by atoms with Crippen LogP contribution in [0.25, 0.3) is 0 Å². The average Bonchev–Trinajstić information content (AvgIpc) is 2.56. The highest BCUT2D eigenvalue weighted by atomic mass is 79.9. The molecule has 0 aromatic heterocycles. The minimum Gasteiger partial charge on any atom is -0.482 e. The van der Waals surface area contributed by atoms with Crippen LogP contribution >= 0.6 is 15.9 Å². The van der Waals surface area contributed by atoms with E-state index in [-0.39, 0.29) is 12.4 Å². The normalized spacial score (nSPS) is 11.7. The van der Waals surface area contributed by atoms with Gasteiger partial charge in [-0.25, -0.2) is 4.79 Å². The molecule has 0 aliphatic heterocycles. The highest BCUT2D eigenvalue weighted by molar-refractivity contribution is 9.10. The summed E-state index contributed by atoms with van der Waals surface area (Å²) in [7, 11) is 0. The van der Waals surface area contributed by atoms with Gasteiger partial charge in [-0.2, -0.15) is 0 Å². The van der Waals surface area contributed by atoms with Crippen molar-refractivity contribution in [3.8, 4) is 5.75 Å². The molecule has 0 N–H and O–H groups in total. The van der Waals surface area contributed by atoms with Crippen molar-refractivity contribution in [3.63, 3.8) is 0 Å². The number of hydrogen-bond acceptors (Lipinski definition) is 4. The average molecular weight is 391 g/mol. The smallest absolute Gasteiger partial charge is 0.344 e. The van der Waals surface area contributed by atoms with Gasteiger partial charge in [0.1, 0.15) is 5.75 Å². The zero-order valence-corrected chi connectivity index (χ0v) is 15.4. The lowest BCUT2D eigenvalue weighted by atomic mass is 10.0. The number of carbonyl (C=O) groups is 2. The molecule has 5 heteroatoms. The first kappa shape index (κ1) is 18.2. The third kappa shape index (κ3) is 4.93. The Labute approximate surface area is 149 Å². The van der Waals surface area contributed by atoms with Gasteiger partial charge >= 0.3 is 5.97 Å². The molecule has 126 valence electrons. The van der Waals surface area contributed by atoms with Crippen molar-refractivity contribution in [1.82, 2.24) is 0 Å². The standard InChI is InChI=1S/C19H19BrO4/c1-12-4-5-15(10-13(12)2)19(22)14(3)24-18(21)11-23-17-8-6-16(20)7-9-17/h4-10,14H,11H2,1-3H3/t14-/m0/s1. The monoisotopic (exact) mass is 390 g/mol. The van der Waals surface area contributed by atoms with Crippen LogP contribution in [0.2, 0.25) is 0 Å². The van der Waals surface area contributed by atoms with Crippen LogP contribution in [-0.4, -0.2) is 24.5 Å². The molecule has 0 aliphatic rings. The Morgan fingerprint density at radius 1 is 1.04 bits per heavy atom. The number of aryl methyl sites for hydroxylation is 2. The molecule has 0 saturated carbocycles. The number of ether oxygens (including phenoxy) is 2. The minimum absolute atomic E-state index is 0.227. The molecule has 1 atom stereocenters. The molecular weight excluding hydrogens is 372 g/mol. The van der Waals surface area contributed by atoms with Crippen LogP contribution < -0.4 is 4.74 Å². The Bertz CT molecular complexity index is 738. The second-order valence-corrected chi connectivity index (χ2v) is 6.45. The van der Waals surface area contributed by atoms with Crippen LogP contribution in [0.15, 0.2) is 46.9 Å². The third-order valence-corrected chi connectivity index (χ3v) is 4.17. The van der Waals surface area contributed by atoms with Crippen molar-refractivity contribution >= 4 is 27.7 Å². The molecule has 2 aromatic rings. The van der Waals surface area contributed by atoms with E-state index in [1.54, 1.807) is 31.2 Å². The molecule has 2 rings (SSSR count). The Balaban J connectivity index is 1.89. The zero-order valence-electron chi connectivity index (χ0n) is 13.8. The molecule has 0 amide bonds. The molecule has 4 nitrogen and oxygen atoms in total.